The Kier molecular flexibility index (Phi) is 6.87. The van der Waals surface area contributed by atoms with Gasteiger partial charge in [-0.25, -0.2) is 0 Å². The van der Waals surface area contributed by atoms with Crippen molar-refractivity contribution in [3.63, 3.8) is 0 Å². The number of methoxy groups -OCH3 is 3. The molecule has 0 spiro atoms. The second-order valence-corrected chi connectivity index (χ2v) is 8.35. The van der Waals surface area contributed by atoms with Crippen molar-refractivity contribution in [2.45, 2.75) is 32.1 Å². The number of benzene rings is 2. The Labute approximate surface area is 194 Å². The summed E-state index contributed by atoms with van der Waals surface area (Å²) in [6.45, 7) is 0.711. The summed E-state index contributed by atoms with van der Waals surface area (Å²) in [7, 11) is 4.64. The van der Waals surface area contributed by atoms with Gasteiger partial charge in [-0.3, -0.25) is 9.59 Å². The number of rotatable bonds is 7. The largest absolute Gasteiger partial charge is 0.493 e. The maximum absolute atomic E-state index is 13.0. The minimum atomic E-state index is -0.268. The topological polar surface area (TPSA) is 77.1 Å². The fourth-order valence-corrected chi connectivity index (χ4v) is 4.63. The number of carbonyl (C=O) groups excluding carboxylic acids is 2. The van der Waals surface area contributed by atoms with E-state index in [1.165, 1.54) is 6.08 Å². The van der Waals surface area contributed by atoms with Crippen molar-refractivity contribution in [1.29, 1.82) is 0 Å². The maximum Gasteiger partial charge on any atom is 0.248 e. The zero-order chi connectivity index (χ0) is 23.4. The summed E-state index contributed by atoms with van der Waals surface area (Å²) >= 11 is 0. The van der Waals surface area contributed by atoms with Crippen LogP contribution < -0.4 is 24.4 Å². The summed E-state index contributed by atoms with van der Waals surface area (Å²) in [5.74, 6) is 1.62. The molecular formula is C26H30N2O5. The normalized spacial score (nSPS) is 15.5. The summed E-state index contributed by atoms with van der Waals surface area (Å²) in [5.41, 5.74) is 3.46. The standard InChI is InChI=1S/C26H30N2O5/c1-31-22-14-17(15-23(32-2)25(22)33-3)8-11-24(29)27-20-10-9-18-12-13-28(21(18)16-20)26(30)19-6-4-5-7-19/h8-11,14-16,19H,4-7,12-13H2,1-3H3,(H,27,29)/b11-8+. The average Bonchev–Trinajstić information content (AvgIpc) is 3.51. The predicted octanol–water partition coefficient (Wildman–Crippen LogP) is 4.44. The van der Waals surface area contributed by atoms with E-state index in [9.17, 15) is 9.59 Å². The van der Waals surface area contributed by atoms with E-state index >= 15 is 0 Å². The monoisotopic (exact) mass is 450 g/mol. The highest BCUT2D eigenvalue weighted by Crippen LogP contribution is 2.38. The number of hydrogen-bond acceptors (Lipinski definition) is 5. The van der Waals surface area contributed by atoms with Gasteiger partial charge in [0.2, 0.25) is 17.6 Å². The Morgan fingerprint density at radius 2 is 1.70 bits per heavy atom. The van der Waals surface area contributed by atoms with Gasteiger partial charge in [-0.1, -0.05) is 18.9 Å². The fourth-order valence-electron chi connectivity index (χ4n) is 4.63. The van der Waals surface area contributed by atoms with Gasteiger partial charge < -0.3 is 24.4 Å². The minimum Gasteiger partial charge on any atom is -0.493 e. The Hall–Kier alpha value is -3.48. The van der Waals surface area contributed by atoms with E-state index in [1.807, 2.05) is 23.1 Å². The molecule has 0 bridgehead atoms. The Morgan fingerprint density at radius 1 is 1.00 bits per heavy atom. The molecule has 1 fully saturated rings. The SMILES string of the molecule is COc1cc(/C=C/C(=O)Nc2ccc3c(c2)N(C(=O)C2CCCC2)CC3)cc(OC)c1OC. The van der Waals surface area contributed by atoms with Crippen LogP contribution in [-0.4, -0.2) is 39.7 Å². The van der Waals surface area contributed by atoms with Gasteiger partial charge in [-0.2, -0.15) is 0 Å². The lowest BCUT2D eigenvalue weighted by molar-refractivity contribution is -0.122. The van der Waals surface area contributed by atoms with Crippen molar-refractivity contribution in [1.82, 2.24) is 0 Å². The van der Waals surface area contributed by atoms with Crippen LogP contribution in [0.1, 0.15) is 36.8 Å². The van der Waals surface area contributed by atoms with Crippen LogP contribution in [0.15, 0.2) is 36.4 Å². The molecule has 4 rings (SSSR count). The van der Waals surface area contributed by atoms with Gasteiger partial charge in [0, 0.05) is 29.9 Å². The molecule has 0 atom stereocenters. The zero-order valence-electron chi connectivity index (χ0n) is 19.3. The van der Waals surface area contributed by atoms with Crippen LogP contribution in [-0.2, 0) is 16.0 Å². The molecule has 0 aromatic heterocycles. The number of amides is 2. The van der Waals surface area contributed by atoms with Crippen molar-refractivity contribution < 1.29 is 23.8 Å². The van der Waals surface area contributed by atoms with E-state index < -0.39 is 0 Å². The molecule has 2 amide bonds. The van der Waals surface area contributed by atoms with Gasteiger partial charge in [-0.05, 0) is 60.7 Å². The lowest BCUT2D eigenvalue weighted by Gasteiger charge is -2.21. The Morgan fingerprint density at radius 3 is 2.33 bits per heavy atom. The molecule has 7 heteroatoms. The van der Waals surface area contributed by atoms with Crippen LogP contribution in [0.2, 0.25) is 0 Å². The summed E-state index contributed by atoms with van der Waals surface area (Å²) in [5, 5.41) is 2.90. The number of carbonyl (C=O) groups is 2. The molecule has 2 aromatic rings. The van der Waals surface area contributed by atoms with Gasteiger partial charge in [0.25, 0.3) is 0 Å². The molecule has 2 aromatic carbocycles. The van der Waals surface area contributed by atoms with Crippen molar-refractivity contribution in [3.05, 3.63) is 47.5 Å². The molecule has 1 aliphatic heterocycles. The van der Waals surface area contributed by atoms with E-state index in [-0.39, 0.29) is 17.7 Å². The van der Waals surface area contributed by atoms with Crippen LogP contribution in [0.25, 0.3) is 6.08 Å². The quantitative estimate of drug-likeness (QED) is 0.631. The molecule has 1 aliphatic carbocycles. The van der Waals surface area contributed by atoms with Gasteiger partial charge in [0.05, 0.1) is 21.3 Å². The van der Waals surface area contributed by atoms with Gasteiger partial charge in [0.15, 0.2) is 11.5 Å². The summed E-state index contributed by atoms with van der Waals surface area (Å²) < 4.78 is 16.0. The number of nitrogens with zero attached hydrogens (tertiary/aromatic N) is 1. The van der Waals surface area contributed by atoms with E-state index in [0.717, 1.165) is 48.9 Å². The highest BCUT2D eigenvalue weighted by atomic mass is 16.5. The van der Waals surface area contributed by atoms with Crippen LogP contribution in [0.3, 0.4) is 0 Å². The third-order valence-electron chi connectivity index (χ3n) is 6.33. The first-order valence-corrected chi connectivity index (χ1v) is 11.3. The molecule has 2 aliphatic rings. The summed E-state index contributed by atoms with van der Waals surface area (Å²) in [6.07, 6.45) is 8.21. The third kappa shape index (κ3) is 4.82. The van der Waals surface area contributed by atoms with Crippen LogP contribution in [0.4, 0.5) is 11.4 Å². The fraction of sp³-hybridized carbons (Fsp3) is 0.385. The van der Waals surface area contributed by atoms with Crippen LogP contribution in [0, 0.1) is 5.92 Å². The maximum atomic E-state index is 13.0. The molecule has 174 valence electrons. The average molecular weight is 451 g/mol. The lowest BCUT2D eigenvalue weighted by Crippen LogP contribution is -2.33. The van der Waals surface area contributed by atoms with E-state index in [2.05, 4.69) is 5.32 Å². The van der Waals surface area contributed by atoms with Crippen molar-refractivity contribution in [3.8, 4) is 17.2 Å². The van der Waals surface area contributed by atoms with Crippen molar-refractivity contribution >= 4 is 29.3 Å². The first-order chi connectivity index (χ1) is 16.0. The number of nitrogens with one attached hydrogen (secondary N) is 1. The van der Waals surface area contributed by atoms with E-state index in [1.54, 1.807) is 39.5 Å². The van der Waals surface area contributed by atoms with Gasteiger partial charge >= 0.3 is 0 Å². The van der Waals surface area contributed by atoms with Gasteiger partial charge in [0.1, 0.15) is 0 Å². The smallest absolute Gasteiger partial charge is 0.248 e. The lowest BCUT2D eigenvalue weighted by atomic mass is 10.1. The second-order valence-electron chi connectivity index (χ2n) is 8.35. The van der Waals surface area contributed by atoms with Crippen LogP contribution >= 0.6 is 0 Å². The molecule has 1 heterocycles. The molecule has 0 radical (unpaired) electrons. The molecular weight excluding hydrogens is 420 g/mol. The number of anilines is 2. The second kappa shape index (κ2) is 9.98. The number of fused-ring (bicyclic) bond motifs is 1. The first kappa shape index (κ1) is 22.7. The number of hydrogen-bond donors (Lipinski definition) is 1. The van der Waals surface area contributed by atoms with Gasteiger partial charge in [-0.15, -0.1) is 0 Å². The van der Waals surface area contributed by atoms with Crippen LogP contribution in [0.5, 0.6) is 17.2 Å². The highest BCUT2D eigenvalue weighted by Gasteiger charge is 2.31. The first-order valence-electron chi connectivity index (χ1n) is 11.3. The Bertz CT molecular complexity index is 1050. The molecule has 1 N–H and O–H groups in total. The molecule has 0 unspecified atom stereocenters. The summed E-state index contributed by atoms with van der Waals surface area (Å²) in [6, 6.07) is 9.32. The number of ether oxygens (including phenoxy) is 3. The molecule has 7 nitrogen and oxygen atoms in total. The highest BCUT2D eigenvalue weighted by molar-refractivity contribution is 6.03. The summed E-state index contributed by atoms with van der Waals surface area (Å²) in [4.78, 5) is 27.4. The predicted molar refractivity (Wildman–Crippen MR) is 128 cm³/mol. The third-order valence-corrected chi connectivity index (χ3v) is 6.33. The van der Waals surface area contributed by atoms with E-state index in [0.29, 0.717) is 29.5 Å². The molecule has 1 saturated carbocycles. The Balaban J connectivity index is 1.47. The van der Waals surface area contributed by atoms with Crippen molar-refractivity contribution in [2.24, 2.45) is 5.92 Å². The molecule has 33 heavy (non-hydrogen) atoms. The molecule has 0 saturated heterocycles. The zero-order valence-corrected chi connectivity index (χ0v) is 19.3. The van der Waals surface area contributed by atoms with Crippen molar-refractivity contribution in [2.75, 3.05) is 38.1 Å². The minimum absolute atomic E-state index is 0.135. The van der Waals surface area contributed by atoms with E-state index in [4.69, 9.17) is 14.2 Å².